The van der Waals surface area contributed by atoms with Gasteiger partial charge in [0.1, 0.15) is 11.4 Å². The van der Waals surface area contributed by atoms with Gasteiger partial charge in [0.15, 0.2) is 5.69 Å². The summed E-state index contributed by atoms with van der Waals surface area (Å²) in [5.74, 6) is 0.626. The molecule has 33 heavy (non-hydrogen) atoms. The molecule has 2 aromatic heterocycles. The lowest BCUT2D eigenvalue weighted by Crippen LogP contribution is -2.39. The third kappa shape index (κ3) is 5.97. The molecule has 1 amide bonds. The Bertz CT molecular complexity index is 1050. The number of aromatic nitrogens is 3. The molecule has 0 saturated carbocycles. The number of aryl methyl sites for hydroxylation is 1. The Balaban J connectivity index is 1.50. The number of rotatable bonds is 9. The summed E-state index contributed by atoms with van der Waals surface area (Å²) in [5, 5.41) is 4.60. The van der Waals surface area contributed by atoms with Crippen molar-refractivity contribution in [2.45, 2.75) is 19.9 Å². The summed E-state index contributed by atoms with van der Waals surface area (Å²) in [6, 6.07) is 11.6. The van der Waals surface area contributed by atoms with Gasteiger partial charge in [-0.15, -0.1) is 0 Å². The second-order valence-corrected chi connectivity index (χ2v) is 8.21. The average Bonchev–Trinajstić information content (AvgIpc) is 3.34. The molecule has 1 fully saturated rings. The van der Waals surface area contributed by atoms with Crippen LogP contribution in [0.5, 0.6) is 5.75 Å². The number of nitrogens with zero attached hydrogens (tertiary/aromatic N) is 5. The van der Waals surface area contributed by atoms with E-state index in [0.717, 1.165) is 56.1 Å². The maximum Gasteiger partial charge on any atom is 0.274 e. The molecule has 4 rings (SSSR count). The SMILES string of the molecule is COc1ccc(C)cc1-n1ccc(C(=O)N(CCCN2CCOCC2)Cc2ccncc2)n1. The highest BCUT2D eigenvalue weighted by atomic mass is 16.5. The van der Waals surface area contributed by atoms with E-state index in [9.17, 15) is 4.79 Å². The van der Waals surface area contributed by atoms with Gasteiger partial charge in [-0.1, -0.05) is 6.07 Å². The van der Waals surface area contributed by atoms with E-state index in [1.54, 1.807) is 30.3 Å². The Morgan fingerprint density at radius 2 is 1.94 bits per heavy atom. The van der Waals surface area contributed by atoms with E-state index in [0.29, 0.717) is 24.5 Å². The van der Waals surface area contributed by atoms with Crippen molar-refractivity contribution in [2.24, 2.45) is 0 Å². The number of methoxy groups -OCH3 is 1. The molecule has 3 aromatic rings. The van der Waals surface area contributed by atoms with Crippen LogP contribution in [0.1, 0.15) is 28.0 Å². The monoisotopic (exact) mass is 449 g/mol. The van der Waals surface area contributed by atoms with Crippen LogP contribution in [0.2, 0.25) is 0 Å². The Kier molecular flexibility index (Phi) is 7.70. The van der Waals surface area contributed by atoms with Crippen LogP contribution >= 0.6 is 0 Å². The minimum atomic E-state index is -0.0841. The highest BCUT2D eigenvalue weighted by Gasteiger charge is 2.20. The van der Waals surface area contributed by atoms with Crippen molar-refractivity contribution in [1.29, 1.82) is 0 Å². The smallest absolute Gasteiger partial charge is 0.274 e. The fourth-order valence-electron chi connectivity index (χ4n) is 3.98. The van der Waals surface area contributed by atoms with Gasteiger partial charge in [-0.3, -0.25) is 14.7 Å². The van der Waals surface area contributed by atoms with Crippen LogP contribution in [0.4, 0.5) is 0 Å². The van der Waals surface area contributed by atoms with Crippen LogP contribution in [0.3, 0.4) is 0 Å². The van der Waals surface area contributed by atoms with Crippen molar-refractivity contribution < 1.29 is 14.3 Å². The van der Waals surface area contributed by atoms with E-state index < -0.39 is 0 Å². The molecule has 0 N–H and O–H groups in total. The fourth-order valence-corrected chi connectivity index (χ4v) is 3.98. The molecule has 0 aliphatic carbocycles. The lowest BCUT2D eigenvalue weighted by molar-refractivity contribution is 0.0355. The van der Waals surface area contributed by atoms with Gasteiger partial charge in [0.05, 0.1) is 20.3 Å². The third-order valence-electron chi connectivity index (χ3n) is 5.81. The molecule has 0 spiro atoms. The number of benzene rings is 1. The zero-order chi connectivity index (χ0) is 23.0. The molecular formula is C25H31N5O3. The van der Waals surface area contributed by atoms with Crippen molar-refractivity contribution in [2.75, 3.05) is 46.5 Å². The first kappa shape index (κ1) is 22.9. The van der Waals surface area contributed by atoms with Crippen molar-refractivity contribution in [3.63, 3.8) is 0 Å². The summed E-state index contributed by atoms with van der Waals surface area (Å²) in [4.78, 5) is 21.8. The highest BCUT2D eigenvalue weighted by Crippen LogP contribution is 2.24. The van der Waals surface area contributed by atoms with Gasteiger partial charge < -0.3 is 14.4 Å². The van der Waals surface area contributed by atoms with Crippen molar-refractivity contribution in [1.82, 2.24) is 24.6 Å². The largest absolute Gasteiger partial charge is 0.494 e. The molecule has 174 valence electrons. The Morgan fingerprint density at radius 1 is 1.15 bits per heavy atom. The van der Waals surface area contributed by atoms with E-state index in [1.165, 1.54) is 0 Å². The first-order valence-corrected chi connectivity index (χ1v) is 11.3. The van der Waals surface area contributed by atoms with Crippen molar-refractivity contribution in [3.05, 3.63) is 71.8 Å². The number of carbonyl (C=O) groups excluding carboxylic acids is 1. The first-order chi connectivity index (χ1) is 16.1. The predicted molar refractivity (Wildman–Crippen MR) is 126 cm³/mol. The second-order valence-electron chi connectivity index (χ2n) is 8.21. The van der Waals surface area contributed by atoms with E-state index in [4.69, 9.17) is 9.47 Å². The van der Waals surface area contributed by atoms with Gasteiger partial charge in [-0.05, 0) is 54.8 Å². The molecule has 1 aromatic carbocycles. The molecule has 8 nitrogen and oxygen atoms in total. The van der Waals surface area contributed by atoms with Crippen LogP contribution in [-0.4, -0.2) is 77.0 Å². The second kappa shape index (κ2) is 11.1. The lowest BCUT2D eigenvalue weighted by atomic mass is 10.2. The van der Waals surface area contributed by atoms with Crippen molar-refractivity contribution >= 4 is 5.91 Å². The number of pyridine rings is 1. The molecule has 0 bridgehead atoms. The Morgan fingerprint density at radius 3 is 2.70 bits per heavy atom. The zero-order valence-electron chi connectivity index (χ0n) is 19.3. The molecule has 0 radical (unpaired) electrons. The van der Waals surface area contributed by atoms with E-state index in [1.807, 2.05) is 48.4 Å². The average molecular weight is 450 g/mol. The molecule has 1 saturated heterocycles. The van der Waals surface area contributed by atoms with Gasteiger partial charge in [0.2, 0.25) is 0 Å². The van der Waals surface area contributed by atoms with Gasteiger partial charge in [-0.2, -0.15) is 5.10 Å². The zero-order valence-corrected chi connectivity index (χ0v) is 19.3. The molecule has 1 aliphatic heterocycles. The maximum absolute atomic E-state index is 13.5. The van der Waals surface area contributed by atoms with Gasteiger partial charge in [-0.25, -0.2) is 4.68 Å². The van der Waals surface area contributed by atoms with Crippen LogP contribution in [-0.2, 0) is 11.3 Å². The third-order valence-corrected chi connectivity index (χ3v) is 5.81. The number of morpholine rings is 1. The van der Waals surface area contributed by atoms with E-state index in [-0.39, 0.29) is 5.91 Å². The fraction of sp³-hybridized carbons (Fsp3) is 0.400. The van der Waals surface area contributed by atoms with Gasteiger partial charge >= 0.3 is 0 Å². The normalized spacial score (nSPS) is 14.2. The van der Waals surface area contributed by atoms with Crippen LogP contribution in [0, 0.1) is 6.92 Å². The number of hydrogen-bond donors (Lipinski definition) is 0. The summed E-state index contributed by atoms with van der Waals surface area (Å²) in [6.07, 6.45) is 6.21. The van der Waals surface area contributed by atoms with Crippen LogP contribution in [0.25, 0.3) is 5.69 Å². The van der Waals surface area contributed by atoms with Crippen LogP contribution < -0.4 is 4.74 Å². The summed E-state index contributed by atoms with van der Waals surface area (Å²) in [7, 11) is 1.63. The number of ether oxygens (including phenoxy) is 2. The minimum Gasteiger partial charge on any atom is -0.494 e. The molecule has 0 atom stereocenters. The summed E-state index contributed by atoms with van der Waals surface area (Å²) >= 11 is 0. The standard InChI is InChI=1S/C25H31N5O3/c1-20-4-5-24(32-2)23(18-20)30-13-8-22(27-30)25(31)29(19-21-6-9-26-10-7-21)12-3-11-28-14-16-33-17-15-28/h4-10,13,18H,3,11-12,14-17,19H2,1-2H3. The van der Waals surface area contributed by atoms with E-state index >= 15 is 0 Å². The molecular weight excluding hydrogens is 418 g/mol. The van der Waals surface area contributed by atoms with Crippen LogP contribution in [0.15, 0.2) is 55.0 Å². The van der Waals surface area contributed by atoms with Gasteiger partial charge in [0.25, 0.3) is 5.91 Å². The molecule has 1 aliphatic rings. The quantitative estimate of drug-likeness (QED) is 0.500. The molecule has 0 unspecified atom stereocenters. The van der Waals surface area contributed by atoms with Crippen molar-refractivity contribution in [3.8, 4) is 11.4 Å². The topological polar surface area (TPSA) is 72.7 Å². The maximum atomic E-state index is 13.5. The summed E-state index contributed by atoms with van der Waals surface area (Å²) < 4.78 is 12.6. The molecule has 3 heterocycles. The number of carbonyl (C=O) groups is 1. The molecule has 8 heteroatoms. The van der Waals surface area contributed by atoms with Gasteiger partial charge in [0, 0.05) is 51.3 Å². The predicted octanol–water partition coefficient (Wildman–Crippen LogP) is 2.95. The summed E-state index contributed by atoms with van der Waals surface area (Å²) in [5.41, 5.74) is 3.37. The Hall–Kier alpha value is -3.23. The highest BCUT2D eigenvalue weighted by molar-refractivity contribution is 5.92. The Labute approximate surface area is 194 Å². The number of amides is 1. The number of hydrogen-bond acceptors (Lipinski definition) is 6. The first-order valence-electron chi connectivity index (χ1n) is 11.3. The summed E-state index contributed by atoms with van der Waals surface area (Å²) in [6.45, 7) is 7.58. The van der Waals surface area contributed by atoms with E-state index in [2.05, 4.69) is 15.0 Å². The minimum absolute atomic E-state index is 0.0841. The lowest BCUT2D eigenvalue weighted by Gasteiger charge is -2.28.